The second-order valence-electron chi connectivity index (χ2n) is 9.96. The van der Waals surface area contributed by atoms with Crippen molar-refractivity contribution < 1.29 is 5.11 Å². The molecule has 1 N–H and O–H groups in total. The van der Waals surface area contributed by atoms with Gasteiger partial charge in [0.2, 0.25) is 0 Å². The van der Waals surface area contributed by atoms with Crippen LogP contribution in [0.25, 0.3) is 10.9 Å². The molecule has 6 aromatic rings. The molecule has 0 amide bonds. The Bertz CT molecular complexity index is 1810. The Balaban J connectivity index is 1.48. The second-order valence-corrected chi connectivity index (χ2v) is 9.96. The number of phenolic OH excluding ortho intramolecular Hbond substituents is 1. The zero-order valence-electron chi connectivity index (χ0n) is 21.3. The number of aliphatic imine (C=N–C) groups is 1. The average molecular weight is 503 g/mol. The van der Waals surface area contributed by atoms with Crippen LogP contribution in [-0.2, 0) is 11.8 Å². The second kappa shape index (κ2) is 9.38. The Labute approximate surface area is 227 Å². The van der Waals surface area contributed by atoms with E-state index in [0.717, 1.165) is 34.1 Å². The SMILES string of the molecule is Oc1c(C=Nc2cccc3cccnc23)cccc1C1(c2ccccc2)c2ccccc2Cc2ccccc21. The van der Waals surface area contributed by atoms with Crippen molar-refractivity contribution in [2.24, 2.45) is 4.99 Å². The number of benzene rings is 5. The van der Waals surface area contributed by atoms with Crippen LogP contribution >= 0.6 is 0 Å². The molecule has 1 aromatic heterocycles. The van der Waals surface area contributed by atoms with Gasteiger partial charge in [-0.05, 0) is 52.4 Å². The summed E-state index contributed by atoms with van der Waals surface area (Å²) in [5.74, 6) is 0.227. The summed E-state index contributed by atoms with van der Waals surface area (Å²) >= 11 is 0. The topological polar surface area (TPSA) is 45.5 Å². The lowest BCUT2D eigenvalue weighted by Gasteiger charge is -2.42. The molecule has 1 aliphatic rings. The number of phenols is 1. The molecule has 0 aliphatic heterocycles. The van der Waals surface area contributed by atoms with Gasteiger partial charge in [0.15, 0.2) is 0 Å². The molecular weight excluding hydrogens is 476 g/mol. The highest BCUT2D eigenvalue weighted by molar-refractivity contribution is 5.93. The first-order valence-electron chi connectivity index (χ1n) is 13.2. The van der Waals surface area contributed by atoms with Gasteiger partial charge in [0, 0.05) is 28.9 Å². The Morgan fingerprint density at radius 1 is 0.641 bits per heavy atom. The van der Waals surface area contributed by atoms with Crippen molar-refractivity contribution in [1.29, 1.82) is 0 Å². The minimum Gasteiger partial charge on any atom is -0.507 e. The summed E-state index contributed by atoms with van der Waals surface area (Å²) in [5, 5.41) is 13.0. The van der Waals surface area contributed by atoms with E-state index in [9.17, 15) is 5.11 Å². The van der Waals surface area contributed by atoms with Crippen molar-refractivity contribution in [3.63, 3.8) is 0 Å². The van der Waals surface area contributed by atoms with E-state index in [1.54, 1.807) is 12.4 Å². The van der Waals surface area contributed by atoms with E-state index in [1.165, 1.54) is 22.3 Å². The molecule has 0 fully saturated rings. The van der Waals surface area contributed by atoms with E-state index in [0.29, 0.717) is 5.56 Å². The number of aromatic nitrogens is 1. The Morgan fingerprint density at radius 2 is 1.28 bits per heavy atom. The van der Waals surface area contributed by atoms with Gasteiger partial charge in [-0.3, -0.25) is 9.98 Å². The predicted molar refractivity (Wildman–Crippen MR) is 158 cm³/mol. The smallest absolute Gasteiger partial charge is 0.129 e. The third-order valence-electron chi connectivity index (χ3n) is 7.86. The minimum absolute atomic E-state index is 0.227. The maximum Gasteiger partial charge on any atom is 0.129 e. The zero-order valence-corrected chi connectivity index (χ0v) is 21.3. The number of fused-ring (bicyclic) bond motifs is 3. The highest BCUT2D eigenvalue weighted by Gasteiger charge is 2.45. The fourth-order valence-corrected chi connectivity index (χ4v) is 6.18. The third kappa shape index (κ3) is 3.66. The van der Waals surface area contributed by atoms with Crippen LogP contribution in [0.5, 0.6) is 5.75 Å². The monoisotopic (exact) mass is 502 g/mol. The number of para-hydroxylation sites is 2. The van der Waals surface area contributed by atoms with Crippen LogP contribution in [0.2, 0.25) is 0 Å². The molecule has 39 heavy (non-hydrogen) atoms. The van der Waals surface area contributed by atoms with Gasteiger partial charge in [0.1, 0.15) is 5.75 Å². The lowest BCUT2D eigenvalue weighted by atomic mass is 9.59. The summed E-state index contributed by atoms with van der Waals surface area (Å²) in [6.07, 6.45) is 4.39. The first kappa shape index (κ1) is 23.1. The molecular formula is C36H26N2O. The van der Waals surface area contributed by atoms with Gasteiger partial charge in [-0.1, -0.05) is 109 Å². The molecule has 0 saturated heterocycles. The molecule has 0 saturated carbocycles. The van der Waals surface area contributed by atoms with Gasteiger partial charge in [0.25, 0.3) is 0 Å². The normalized spacial score (nSPS) is 13.7. The molecule has 0 unspecified atom stereocenters. The first-order valence-corrected chi connectivity index (χ1v) is 13.2. The molecule has 0 radical (unpaired) electrons. The van der Waals surface area contributed by atoms with E-state index in [4.69, 9.17) is 4.99 Å². The lowest BCUT2D eigenvalue weighted by molar-refractivity contribution is 0.458. The standard InChI is InChI=1S/C36H26N2O/c39-35-28(24-38-33-21-9-13-25-15-10-22-37-34(25)33)14-8-20-32(35)36(29-16-2-1-3-17-29)30-18-6-4-11-26(30)23-27-12-5-7-19-31(27)36/h1-22,24,39H,23H2. The highest BCUT2D eigenvalue weighted by atomic mass is 16.3. The van der Waals surface area contributed by atoms with Crippen LogP contribution in [-0.4, -0.2) is 16.3 Å². The molecule has 0 spiro atoms. The Morgan fingerprint density at radius 3 is 2.05 bits per heavy atom. The van der Waals surface area contributed by atoms with Crippen molar-refractivity contribution >= 4 is 22.8 Å². The van der Waals surface area contributed by atoms with E-state index in [1.807, 2.05) is 48.5 Å². The summed E-state index contributed by atoms with van der Waals surface area (Å²) in [7, 11) is 0. The van der Waals surface area contributed by atoms with Gasteiger partial charge >= 0.3 is 0 Å². The highest BCUT2D eigenvalue weighted by Crippen LogP contribution is 2.53. The number of rotatable bonds is 4. The van der Waals surface area contributed by atoms with Crippen molar-refractivity contribution in [3.8, 4) is 5.75 Å². The molecule has 7 rings (SSSR count). The molecule has 186 valence electrons. The maximum atomic E-state index is 12.0. The van der Waals surface area contributed by atoms with Crippen LogP contribution in [0.4, 0.5) is 5.69 Å². The molecule has 1 aliphatic carbocycles. The van der Waals surface area contributed by atoms with Gasteiger partial charge in [-0.15, -0.1) is 0 Å². The molecule has 0 bridgehead atoms. The minimum atomic E-state index is -0.679. The summed E-state index contributed by atoms with van der Waals surface area (Å²) in [5.41, 5.74) is 8.46. The first-order chi connectivity index (χ1) is 19.3. The third-order valence-corrected chi connectivity index (χ3v) is 7.86. The fourth-order valence-electron chi connectivity index (χ4n) is 6.18. The summed E-state index contributed by atoms with van der Waals surface area (Å²) in [4.78, 5) is 9.32. The number of hydrogen-bond acceptors (Lipinski definition) is 3. The molecule has 5 aromatic carbocycles. The summed E-state index contributed by atoms with van der Waals surface area (Å²) < 4.78 is 0. The number of hydrogen-bond donors (Lipinski definition) is 1. The molecule has 1 heterocycles. The van der Waals surface area contributed by atoms with Crippen LogP contribution in [0.3, 0.4) is 0 Å². The van der Waals surface area contributed by atoms with E-state index >= 15 is 0 Å². The Kier molecular flexibility index (Phi) is 5.56. The van der Waals surface area contributed by atoms with Crippen molar-refractivity contribution in [2.45, 2.75) is 11.8 Å². The van der Waals surface area contributed by atoms with Crippen LogP contribution in [0.15, 0.2) is 139 Å². The largest absolute Gasteiger partial charge is 0.507 e. The molecule has 3 nitrogen and oxygen atoms in total. The van der Waals surface area contributed by atoms with Crippen LogP contribution in [0, 0.1) is 0 Å². The van der Waals surface area contributed by atoms with Gasteiger partial charge in [-0.25, -0.2) is 0 Å². The average Bonchev–Trinajstić information content (AvgIpc) is 3.00. The zero-order chi connectivity index (χ0) is 26.2. The summed E-state index contributed by atoms with van der Waals surface area (Å²) in [6, 6.07) is 43.7. The lowest BCUT2D eigenvalue weighted by Crippen LogP contribution is -2.36. The quantitative estimate of drug-likeness (QED) is 0.248. The maximum absolute atomic E-state index is 12.0. The summed E-state index contributed by atoms with van der Waals surface area (Å²) in [6.45, 7) is 0. The molecule has 0 atom stereocenters. The predicted octanol–water partition coefficient (Wildman–Crippen LogP) is 7.98. The van der Waals surface area contributed by atoms with Crippen LogP contribution in [0.1, 0.15) is 38.9 Å². The van der Waals surface area contributed by atoms with E-state index < -0.39 is 5.41 Å². The van der Waals surface area contributed by atoms with Gasteiger partial charge in [-0.2, -0.15) is 0 Å². The molecule has 3 heteroatoms. The Hall–Kier alpha value is -5.02. The van der Waals surface area contributed by atoms with Crippen molar-refractivity contribution in [1.82, 2.24) is 4.98 Å². The number of nitrogens with zero attached hydrogens (tertiary/aromatic N) is 2. The fraction of sp³-hybridized carbons (Fsp3) is 0.0556. The van der Waals surface area contributed by atoms with E-state index in [2.05, 4.69) is 83.8 Å². The van der Waals surface area contributed by atoms with Gasteiger partial charge < -0.3 is 5.11 Å². The van der Waals surface area contributed by atoms with Crippen molar-refractivity contribution in [2.75, 3.05) is 0 Å². The van der Waals surface area contributed by atoms with Crippen molar-refractivity contribution in [3.05, 3.63) is 173 Å². The number of aromatic hydroxyl groups is 1. The van der Waals surface area contributed by atoms with Crippen LogP contribution < -0.4 is 0 Å². The van der Waals surface area contributed by atoms with Gasteiger partial charge in [0.05, 0.1) is 16.6 Å². The number of pyridine rings is 1. The van der Waals surface area contributed by atoms with E-state index in [-0.39, 0.29) is 5.75 Å².